The molecule has 1 aromatic heterocycles. The fourth-order valence-corrected chi connectivity index (χ4v) is 2.43. The van der Waals surface area contributed by atoms with Crippen LogP contribution in [0.5, 0.6) is 0 Å². The minimum Gasteiger partial charge on any atom is -0.289 e. The van der Waals surface area contributed by atoms with Gasteiger partial charge in [0.2, 0.25) is 5.82 Å². The second kappa shape index (κ2) is 4.63. The van der Waals surface area contributed by atoms with E-state index < -0.39 is 12.0 Å². The van der Waals surface area contributed by atoms with Crippen molar-refractivity contribution in [3.63, 3.8) is 0 Å². The molecule has 0 N–H and O–H groups in total. The first-order valence-corrected chi connectivity index (χ1v) is 6.57. The number of aromatic nitrogens is 2. The van der Waals surface area contributed by atoms with Gasteiger partial charge in [0, 0.05) is 10.2 Å². The van der Waals surface area contributed by atoms with E-state index in [2.05, 4.69) is 20.9 Å². The van der Waals surface area contributed by atoms with Crippen molar-refractivity contribution in [2.24, 2.45) is 0 Å². The van der Waals surface area contributed by atoms with Crippen LogP contribution in [0.25, 0.3) is 16.7 Å². The van der Waals surface area contributed by atoms with Crippen LogP contribution in [0.3, 0.4) is 0 Å². The molecule has 0 amide bonds. The van der Waals surface area contributed by atoms with Crippen LogP contribution in [-0.4, -0.2) is 9.55 Å². The third kappa shape index (κ3) is 2.20. The first kappa shape index (κ1) is 13.2. The zero-order chi connectivity index (χ0) is 14.3. The molecular weight excluding hydrogens is 333 g/mol. The van der Waals surface area contributed by atoms with Crippen LogP contribution in [0.2, 0.25) is 0 Å². The molecule has 3 aromatic rings. The van der Waals surface area contributed by atoms with E-state index in [0.29, 0.717) is 21.2 Å². The number of benzene rings is 2. The van der Waals surface area contributed by atoms with E-state index in [4.69, 9.17) is 0 Å². The van der Waals surface area contributed by atoms with Crippen LogP contribution in [0, 0.1) is 0 Å². The van der Waals surface area contributed by atoms with Gasteiger partial charge >= 0.3 is 6.18 Å². The van der Waals surface area contributed by atoms with E-state index in [0.717, 1.165) is 4.57 Å². The summed E-state index contributed by atoms with van der Waals surface area (Å²) in [7, 11) is 0. The smallest absolute Gasteiger partial charge is 0.289 e. The van der Waals surface area contributed by atoms with Gasteiger partial charge in [0.15, 0.2) is 0 Å². The van der Waals surface area contributed by atoms with Crippen LogP contribution in [-0.2, 0) is 6.18 Å². The largest absolute Gasteiger partial charge is 0.450 e. The Labute approximate surface area is 121 Å². The second-order valence-corrected chi connectivity index (χ2v) is 5.15. The highest BCUT2D eigenvalue weighted by molar-refractivity contribution is 9.10. The summed E-state index contributed by atoms with van der Waals surface area (Å²) in [6, 6.07) is 13.3. The standard InChI is InChI=1S/C14H8BrF3N2/c15-9-6-7-12-11(8-9)19-13(14(16,17)18)20(12)10-4-2-1-3-5-10/h1-8H. The van der Waals surface area contributed by atoms with E-state index >= 15 is 0 Å². The highest BCUT2D eigenvalue weighted by Gasteiger charge is 2.38. The number of imidazole rings is 1. The fourth-order valence-electron chi connectivity index (χ4n) is 2.08. The highest BCUT2D eigenvalue weighted by Crippen LogP contribution is 2.34. The first-order chi connectivity index (χ1) is 9.47. The molecule has 0 radical (unpaired) electrons. The molecule has 1 heterocycles. The number of fused-ring (bicyclic) bond motifs is 1. The molecule has 0 aliphatic rings. The third-order valence-corrected chi connectivity index (χ3v) is 3.38. The van der Waals surface area contributed by atoms with Crippen molar-refractivity contribution < 1.29 is 13.2 Å². The molecule has 102 valence electrons. The summed E-state index contributed by atoms with van der Waals surface area (Å²) in [4.78, 5) is 3.73. The Morgan fingerprint density at radius 2 is 1.70 bits per heavy atom. The lowest BCUT2D eigenvalue weighted by Crippen LogP contribution is -2.13. The average Bonchev–Trinajstić information content (AvgIpc) is 2.78. The Balaban J connectivity index is 2.38. The van der Waals surface area contributed by atoms with Crippen molar-refractivity contribution in [3.8, 4) is 5.69 Å². The molecule has 0 saturated heterocycles. The van der Waals surface area contributed by atoms with E-state index in [1.807, 2.05) is 0 Å². The molecule has 0 bridgehead atoms. The second-order valence-electron chi connectivity index (χ2n) is 4.24. The summed E-state index contributed by atoms with van der Waals surface area (Å²) in [6.45, 7) is 0. The van der Waals surface area contributed by atoms with Gasteiger partial charge < -0.3 is 0 Å². The van der Waals surface area contributed by atoms with Gasteiger partial charge in [0.1, 0.15) is 0 Å². The van der Waals surface area contributed by atoms with E-state index in [-0.39, 0.29) is 0 Å². The van der Waals surface area contributed by atoms with Crippen LogP contribution in [0.4, 0.5) is 13.2 Å². The summed E-state index contributed by atoms with van der Waals surface area (Å²) in [5.41, 5.74) is 1.16. The fraction of sp³-hybridized carbons (Fsp3) is 0.0714. The molecule has 0 aliphatic carbocycles. The number of rotatable bonds is 1. The minimum atomic E-state index is -4.51. The monoisotopic (exact) mass is 340 g/mol. The summed E-state index contributed by atoms with van der Waals surface area (Å²) >= 11 is 3.24. The van der Waals surface area contributed by atoms with Gasteiger partial charge in [-0.2, -0.15) is 13.2 Å². The number of alkyl halides is 3. The predicted molar refractivity (Wildman–Crippen MR) is 73.8 cm³/mol. The molecule has 2 aromatic carbocycles. The first-order valence-electron chi connectivity index (χ1n) is 5.77. The molecule has 0 aliphatic heterocycles. The Kier molecular flexibility index (Phi) is 3.05. The molecule has 20 heavy (non-hydrogen) atoms. The zero-order valence-corrected chi connectivity index (χ0v) is 11.6. The van der Waals surface area contributed by atoms with Crippen LogP contribution < -0.4 is 0 Å². The van der Waals surface area contributed by atoms with E-state index in [1.54, 1.807) is 48.5 Å². The number of hydrogen-bond acceptors (Lipinski definition) is 1. The Morgan fingerprint density at radius 1 is 1.00 bits per heavy atom. The molecule has 0 atom stereocenters. The Bertz CT molecular complexity index is 763. The quantitative estimate of drug-likeness (QED) is 0.621. The van der Waals surface area contributed by atoms with Gasteiger partial charge in [0.05, 0.1) is 11.0 Å². The number of halogens is 4. The topological polar surface area (TPSA) is 17.8 Å². The summed E-state index contributed by atoms with van der Waals surface area (Å²) in [6.07, 6.45) is -4.51. The average molecular weight is 341 g/mol. The Hall–Kier alpha value is -1.82. The number of nitrogens with zero attached hydrogens (tertiary/aromatic N) is 2. The van der Waals surface area contributed by atoms with Gasteiger partial charge in [0.25, 0.3) is 0 Å². The predicted octanol–water partition coefficient (Wildman–Crippen LogP) is 4.81. The van der Waals surface area contributed by atoms with Crippen molar-refractivity contribution in [1.82, 2.24) is 9.55 Å². The minimum absolute atomic E-state index is 0.301. The van der Waals surface area contributed by atoms with E-state index in [9.17, 15) is 13.2 Å². The third-order valence-electron chi connectivity index (χ3n) is 2.88. The molecular formula is C14H8BrF3N2. The van der Waals surface area contributed by atoms with Gasteiger partial charge in [-0.15, -0.1) is 0 Å². The summed E-state index contributed by atoms with van der Waals surface area (Å²) in [5, 5.41) is 0. The van der Waals surface area contributed by atoms with Crippen molar-refractivity contribution >= 4 is 27.0 Å². The number of hydrogen-bond donors (Lipinski definition) is 0. The van der Waals surface area contributed by atoms with Gasteiger partial charge in [-0.3, -0.25) is 4.57 Å². The van der Waals surface area contributed by atoms with Gasteiger partial charge in [-0.1, -0.05) is 34.1 Å². The van der Waals surface area contributed by atoms with Crippen LogP contribution >= 0.6 is 15.9 Å². The lowest BCUT2D eigenvalue weighted by Gasteiger charge is -2.11. The lowest BCUT2D eigenvalue weighted by atomic mass is 10.3. The van der Waals surface area contributed by atoms with Crippen molar-refractivity contribution in [1.29, 1.82) is 0 Å². The molecule has 6 heteroatoms. The number of para-hydroxylation sites is 1. The van der Waals surface area contributed by atoms with Crippen LogP contribution in [0.15, 0.2) is 53.0 Å². The Morgan fingerprint density at radius 3 is 2.35 bits per heavy atom. The molecule has 0 unspecified atom stereocenters. The van der Waals surface area contributed by atoms with Crippen molar-refractivity contribution in [3.05, 3.63) is 58.8 Å². The van der Waals surface area contributed by atoms with E-state index in [1.165, 1.54) is 0 Å². The van der Waals surface area contributed by atoms with Crippen molar-refractivity contribution in [2.45, 2.75) is 6.18 Å². The summed E-state index contributed by atoms with van der Waals surface area (Å²) < 4.78 is 41.4. The van der Waals surface area contributed by atoms with Gasteiger partial charge in [-0.05, 0) is 30.3 Å². The lowest BCUT2D eigenvalue weighted by molar-refractivity contribution is -0.145. The van der Waals surface area contributed by atoms with Crippen LogP contribution in [0.1, 0.15) is 5.82 Å². The molecule has 2 nitrogen and oxygen atoms in total. The molecule has 0 fully saturated rings. The SMILES string of the molecule is FC(F)(F)c1nc2cc(Br)ccc2n1-c1ccccc1. The maximum Gasteiger partial charge on any atom is 0.450 e. The van der Waals surface area contributed by atoms with Crippen molar-refractivity contribution in [2.75, 3.05) is 0 Å². The summed E-state index contributed by atoms with van der Waals surface area (Å²) in [5.74, 6) is -0.920. The maximum absolute atomic E-state index is 13.2. The van der Waals surface area contributed by atoms with Gasteiger partial charge in [-0.25, -0.2) is 4.98 Å². The normalized spacial score (nSPS) is 12.0. The maximum atomic E-state index is 13.2. The highest BCUT2D eigenvalue weighted by atomic mass is 79.9. The zero-order valence-electron chi connectivity index (χ0n) is 10.0. The molecule has 0 spiro atoms. The molecule has 3 rings (SSSR count). The molecule has 0 saturated carbocycles.